The van der Waals surface area contributed by atoms with Crippen LogP contribution in [0.25, 0.3) is 0 Å². The van der Waals surface area contributed by atoms with Crippen LogP contribution in [-0.4, -0.2) is 10.1 Å². The van der Waals surface area contributed by atoms with Gasteiger partial charge in [-0.2, -0.15) is 11.3 Å². The van der Waals surface area contributed by atoms with E-state index in [9.17, 15) is 5.11 Å². The average Bonchev–Trinajstić information content (AvgIpc) is 3.00. The van der Waals surface area contributed by atoms with Gasteiger partial charge in [-0.25, -0.2) is 0 Å². The topological polar surface area (TPSA) is 36.4 Å². The summed E-state index contributed by atoms with van der Waals surface area (Å²) in [5.74, 6) is 0.291. The van der Waals surface area contributed by atoms with E-state index in [1.807, 2.05) is 30.5 Å². The van der Waals surface area contributed by atoms with Gasteiger partial charge in [0.15, 0.2) is 0 Å². The molecule has 1 aromatic carbocycles. The molecule has 0 saturated carbocycles. The van der Waals surface area contributed by atoms with Gasteiger partial charge in [0, 0.05) is 18.1 Å². The first kappa shape index (κ1) is 12.7. The first-order valence-electron chi connectivity index (χ1n) is 6.30. The summed E-state index contributed by atoms with van der Waals surface area (Å²) in [4.78, 5) is 6.37. The van der Waals surface area contributed by atoms with E-state index < -0.39 is 0 Å². The van der Waals surface area contributed by atoms with Gasteiger partial charge in [-0.05, 0) is 41.3 Å². The van der Waals surface area contributed by atoms with Crippen LogP contribution in [0.2, 0.25) is 0 Å². The second kappa shape index (κ2) is 5.75. The molecule has 3 rings (SSSR count). The normalized spacial score (nSPS) is 10.4. The maximum atomic E-state index is 9.60. The summed E-state index contributed by atoms with van der Waals surface area (Å²) in [5.41, 5.74) is 3.22. The van der Waals surface area contributed by atoms with Crippen LogP contribution in [0.4, 0.5) is 11.4 Å². The van der Waals surface area contributed by atoms with Gasteiger partial charge in [0.2, 0.25) is 0 Å². The predicted molar refractivity (Wildman–Crippen MR) is 82.5 cm³/mol. The van der Waals surface area contributed by atoms with Gasteiger partial charge in [0.25, 0.3) is 0 Å². The molecule has 0 aliphatic carbocycles. The monoisotopic (exact) mass is 282 g/mol. The smallest absolute Gasteiger partial charge is 0.115 e. The van der Waals surface area contributed by atoms with Crippen molar-refractivity contribution in [3.8, 4) is 5.75 Å². The van der Waals surface area contributed by atoms with Crippen molar-refractivity contribution in [3.05, 3.63) is 71.2 Å². The molecule has 100 valence electrons. The number of aromatic hydroxyl groups is 1. The Balaban J connectivity index is 1.95. The molecule has 0 saturated heterocycles. The van der Waals surface area contributed by atoms with Crippen LogP contribution in [-0.2, 0) is 6.54 Å². The number of aromatic nitrogens is 1. The summed E-state index contributed by atoms with van der Waals surface area (Å²) in [6.45, 7) is 0.691. The van der Waals surface area contributed by atoms with E-state index in [1.54, 1.807) is 29.7 Å². The summed E-state index contributed by atoms with van der Waals surface area (Å²) in [6.07, 6.45) is 3.62. The van der Waals surface area contributed by atoms with Gasteiger partial charge >= 0.3 is 0 Å². The molecular weight excluding hydrogens is 268 g/mol. The van der Waals surface area contributed by atoms with Gasteiger partial charge in [-0.15, -0.1) is 0 Å². The zero-order chi connectivity index (χ0) is 13.8. The number of hydrogen-bond acceptors (Lipinski definition) is 4. The fourth-order valence-electron chi connectivity index (χ4n) is 2.09. The van der Waals surface area contributed by atoms with Crippen molar-refractivity contribution in [1.29, 1.82) is 0 Å². The molecule has 2 aromatic heterocycles. The molecule has 0 amide bonds. The third-order valence-corrected chi connectivity index (χ3v) is 3.70. The first-order chi connectivity index (χ1) is 9.83. The molecule has 0 unspecified atom stereocenters. The molecule has 0 aliphatic rings. The van der Waals surface area contributed by atoms with E-state index in [-0.39, 0.29) is 0 Å². The van der Waals surface area contributed by atoms with Gasteiger partial charge < -0.3 is 10.0 Å². The van der Waals surface area contributed by atoms with E-state index in [4.69, 9.17) is 0 Å². The highest BCUT2D eigenvalue weighted by Gasteiger charge is 2.11. The van der Waals surface area contributed by atoms with Crippen molar-refractivity contribution >= 4 is 22.7 Å². The Kier molecular flexibility index (Phi) is 3.65. The van der Waals surface area contributed by atoms with E-state index >= 15 is 0 Å². The molecule has 1 N–H and O–H groups in total. The molecule has 0 radical (unpaired) electrons. The lowest BCUT2D eigenvalue weighted by Crippen LogP contribution is -2.15. The zero-order valence-electron chi connectivity index (χ0n) is 10.8. The molecule has 0 fully saturated rings. The maximum absolute atomic E-state index is 9.60. The number of rotatable bonds is 4. The molecule has 3 aromatic rings. The summed E-state index contributed by atoms with van der Waals surface area (Å²) in [5, 5.41) is 13.8. The Labute approximate surface area is 121 Å². The quantitative estimate of drug-likeness (QED) is 0.779. The summed E-state index contributed by atoms with van der Waals surface area (Å²) in [7, 11) is 0. The van der Waals surface area contributed by atoms with Crippen molar-refractivity contribution in [1.82, 2.24) is 4.98 Å². The highest BCUT2D eigenvalue weighted by atomic mass is 32.1. The molecule has 2 heterocycles. The molecule has 4 heteroatoms. The lowest BCUT2D eigenvalue weighted by Gasteiger charge is -2.23. The van der Waals surface area contributed by atoms with Gasteiger partial charge in [0.05, 0.1) is 17.6 Å². The maximum Gasteiger partial charge on any atom is 0.115 e. The van der Waals surface area contributed by atoms with Gasteiger partial charge in [-0.1, -0.05) is 12.1 Å². The van der Waals surface area contributed by atoms with Crippen LogP contribution in [0.3, 0.4) is 0 Å². The SMILES string of the molecule is Oc1cccc(CN(c2cccnc2)c2ccsc2)c1. The minimum Gasteiger partial charge on any atom is -0.508 e. The summed E-state index contributed by atoms with van der Waals surface area (Å²) in [6, 6.07) is 13.4. The Morgan fingerprint density at radius 1 is 1.10 bits per heavy atom. The second-order valence-electron chi connectivity index (χ2n) is 4.45. The van der Waals surface area contributed by atoms with Crippen molar-refractivity contribution in [3.63, 3.8) is 0 Å². The van der Waals surface area contributed by atoms with Gasteiger partial charge in [-0.3, -0.25) is 4.98 Å². The third kappa shape index (κ3) is 2.81. The number of benzene rings is 1. The van der Waals surface area contributed by atoms with Crippen LogP contribution < -0.4 is 4.90 Å². The van der Waals surface area contributed by atoms with Gasteiger partial charge in [0.1, 0.15) is 5.75 Å². The molecule has 0 bridgehead atoms. The largest absolute Gasteiger partial charge is 0.508 e. The number of thiophene rings is 1. The van der Waals surface area contributed by atoms with E-state index in [1.165, 1.54) is 0 Å². The lowest BCUT2D eigenvalue weighted by molar-refractivity contribution is 0.474. The third-order valence-electron chi connectivity index (χ3n) is 3.03. The predicted octanol–water partition coefficient (Wildman–Crippen LogP) is 4.19. The number of hydrogen-bond donors (Lipinski definition) is 1. The first-order valence-corrected chi connectivity index (χ1v) is 7.25. The zero-order valence-corrected chi connectivity index (χ0v) is 11.6. The van der Waals surface area contributed by atoms with E-state index in [0.29, 0.717) is 12.3 Å². The standard InChI is InChI=1S/C16H14N2OS/c19-16-5-1-3-13(9-16)11-18(15-6-8-20-12-15)14-4-2-7-17-10-14/h1-10,12,19H,11H2. The minimum atomic E-state index is 0.291. The fraction of sp³-hybridized carbons (Fsp3) is 0.0625. The van der Waals surface area contributed by atoms with E-state index in [2.05, 4.69) is 26.7 Å². The average molecular weight is 282 g/mol. The number of anilines is 2. The van der Waals surface area contributed by atoms with Crippen molar-refractivity contribution in [2.75, 3.05) is 4.90 Å². The number of phenolic OH excluding ortho intramolecular Hbond substituents is 1. The minimum absolute atomic E-state index is 0.291. The highest BCUT2D eigenvalue weighted by molar-refractivity contribution is 7.08. The highest BCUT2D eigenvalue weighted by Crippen LogP contribution is 2.29. The van der Waals surface area contributed by atoms with Crippen LogP contribution in [0, 0.1) is 0 Å². The molecule has 3 nitrogen and oxygen atoms in total. The van der Waals surface area contributed by atoms with E-state index in [0.717, 1.165) is 16.9 Å². The Hall–Kier alpha value is -2.33. The molecular formula is C16H14N2OS. The lowest BCUT2D eigenvalue weighted by atomic mass is 10.2. The Bertz CT molecular complexity index is 668. The van der Waals surface area contributed by atoms with Crippen LogP contribution >= 0.6 is 11.3 Å². The van der Waals surface area contributed by atoms with Crippen molar-refractivity contribution in [2.24, 2.45) is 0 Å². The Morgan fingerprint density at radius 2 is 2.05 bits per heavy atom. The van der Waals surface area contributed by atoms with Crippen molar-refractivity contribution < 1.29 is 5.11 Å². The molecule has 20 heavy (non-hydrogen) atoms. The molecule has 0 atom stereocenters. The second-order valence-corrected chi connectivity index (χ2v) is 5.23. The van der Waals surface area contributed by atoms with Crippen LogP contribution in [0.1, 0.15) is 5.56 Å². The van der Waals surface area contributed by atoms with Crippen LogP contribution in [0.15, 0.2) is 65.6 Å². The summed E-state index contributed by atoms with van der Waals surface area (Å²) >= 11 is 1.66. The molecule has 0 spiro atoms. The number of phenols is 1. The number of nitrogens with zero attached hydrogens (tertiary/aromatic N) is 2. The fourth-order valence-corrected chi connectivity index (χ4v) is 2.74. The Morgan fingerprint density at radius 3 is 2.75 bits per heavy atom. The summed E-state index contributed by atoms with van der Waals surface area (Å²) < 4.78 is 0. The number of pyridine rings is 1. The van der Waals surface area contributed by atoms with Crippen molar-refractivity contribution in [2.45, 2.75) is 6.54 Å². The van der Waals surface area contributed by atoms with Crippen LogP contribution in [0.5, 0.6) is 5.75 Å². The molecule has 0 aliphatic heterocycles.